The van der Waals surface area contributed by atoms with Gasteiger partial charge in [-0.25, -0.2) is 0 Å². The first-order valence-corrected chi connectivity index (χ1v) is 31.5. The summed E-state index contributed by atoms with van der Waals surface area (Å²) in [6.45, 7) is 18.4. The van der Waals surface area contributed by atoms with Crippen LogP contribution in [0.4, 0.5) is 34.1 Å². The Balaban J connectivity index is 0.801. The van der Waals surface area contributed by atoms with Crippen molar-refractivity contribution in [3.8, 4) is 0 Å². The second-order valence-electron chi connectivity index (χ2n) is 26.5. The number of rotatable bonds is 14. The highest BCUT2D eigenvalue weighted by molar-refractivity contribution is 6.27. The van der Waals surface area contributed by atoms with Gasteiger partial charge in [-0.3, -0.25) is 0 Å². The van der Waals surface area contributed by atoms with Gasteiger partial charge in [0.25, 0.3) is 0 Å². The third kappa shape index (κ3) is 9.52. The van der Waals surface area contributed by atoms with Gasteiger partial charge >= 0.3 is 0 Å². The van der Waals surface area contributed by atoms with Crippen LogP contribution in [0.1, 0.15) is 99.9 Å². The van der Waals surface area contributed by atoms with E-state index in [1.807, 2.05) is 0 Å². The van der Waals surface area contributed by atoms with Crippen molar-refractivity contribution in [2.45, 2.75) is 77.0 Å². The average Bonchev–Trinajstić information content (AvgIpc) is 1.67. The largest absolute Gasteiger partial charge is 0.455 e. The zero-order valence-corrected chi connectivity index (χ0v) is 52.4. The number of hydrogen-bond acceptors (Lipinski definition) is 4. The molecule has 0 aliphatic carbocycles. The van der Waals surface area contributed by atoms with Crippen LogP contribution >= 0.6 is 0 Å². The Morgan fingerprint density at radius 2 is 0.489 bits per heavy atom. The van der Waals surface area contributed by atoms with Gasteiger partial charge in [0.05, 0.1) is 5.39 Å². The lowest BCUT2D eigenvalue weighted by atomic mass is 9.78. The van der Waals surface area contributed by atoms with E-state index in [-0.39, 0.29) is 21.7 Å². The first-order valence-electron chi connectivity index (χ1n) is 31.5. The number of furan rings is 2. The monoisotopic (exact) mass is 1160 g/mol. The van der Waals surface area contributed by atoms with Crippen molar-refractivity contribution < 1.29 is 8.83 Å². The summed E-state index contributed by atoms with van der Waals surface area (Å²) in [6.07, 6.45) is 0. The zero-order chi connectivity index (χ0) is 61.5. The summed E-state index contributed by atoms with van der Waals surface area (Å²) in [5, 5.41) is 8.43. The molecule has 15 aromatic rings. The smallest absolute Gasteiger partial charge is 0.147 e. The molecule has 0 saturated carbocycles. The van der Waals surface area contributed by atoms with Gasteiger partial charge < -0.3 is 18.6 Å². The Bertz CT molecular complexity index is 4930. The van der Waals surface area contributed by atoms with Gasteiger partial charge in [-0.1, -0.05) is 237 Å². The lowest BCUT2D eigenvalue weighted by molar-refractivity contribution is 0.640. The van der Waals surface area contributed by atoms with E-state index in [9.17, 15) is 0 Å². The molecule has 0 spiro atoms. The molecule has 438 valence electrons. The molecule has 0 N–H and O–H groups in total. The van der Waals surface area contributed by atoms with Gasteiger partial charge in [0, 0.05) is 82.7 Å². The molecule has 4 heteroatoms. The summed E-state index contributed by atoms with van der Waals surface area (Å²) < 4.78 is 14.1. The second kappa shape index (κ2) is 21.7. The standard InChI is InChI=1S/C86H72N2O2/c1-83(2,59-21-13-9-14-22-59)63-31-39-67(40-32-63)87(68-41-33-64(34-42-68)84(3,4)60-23-15-10-16-24-60)71-47-51-73-57(55-71)29-49-75-76-53-54-78-79(82(76)90-80(73)75)77-50-30-58-56-72(48-52-74(58)81(77)89-78)88(69-43-35-65(36-44-69)85(5,6)61-25-17-11-18-26-61)70-45-37-66(38-46-70)86(7,8)62-27-19-12-20-28-62/h9-56H,1-8H3. The van der Waals surface area contributed by atoms with Crippen molar-refractivity contribution in [2.24, 2.45) is 0 Å². The molecular weight excluding hydrogens is 1090 g/mol. The molecule has 0 unspecified atom stereocenters. The molecule has 0 fully saturated rings. The normalized spacial score (nSPS) is 12.4. The SMILES string of the molecule is CC(C)(c1ccccc1)c1ccc(N(c2ccc(C(C)(C)c3ccccc3)cc2)c2ccc3c(ccc4c5ccc6oc7c8ccc(N(c9ccc(C(C)(C)c%10ccccc%10)cc9)c9ccc(C(C)(C)c%10ccccc%10)cc9)cc8ccc7c6c5oc34)c2)cc1. The first kappa shape index (κ1) is 56.1. The molecule has 4 nitrogen and oxygen atoms in total. The fourth-order valence-electron chi connectivity index (χ4n) is 14.0. The van der Waals surface area contributed by atoms with Crippen LogP contribution in [0.3, 0.4) is 0 Å². The highest BCUT2D eigenvalue weighted by atomic mass is 16.3. The number of anilines is 6. The van der Waals surface area contributed by atoms with Gasteiger partial charge in [0.2, 0.25) is 0 Å². The maximum Gasteiger partial charge on any atom is 0.147 e. The minimum atomic E-state index is -0.170. The molecule has 0 saturated heterocycles. The van der Waals surface area contributed by atoms with E-state index < -0.39 is 0 Å². The Morgan fingerprint density at radius 3 is 0.833 bits per heavy atom. The molecule has 2 aromatic heterocycles. The van der Waals surface area contributed by atoms with Crippen molar-refractivity contribution in [2.75, 3.05) is 9.80 Å². The number of fused-ring (bicyclic) bond motifs is 11. The Kier molecular flexibility index (Phi) is 13.5. The van der Waals surface area contributed by atoms with E-state index in [0.29, 0.717) is 0 Å². The third-order valence-electron chi connectivity index (χ3n) is 19.9. The Morgan fingerprint density at radius 1 is 0.222 bits per heavy atom. The number of benzene rings is 13. The summed E-state index contributed by atoms with van der Waals surface area (Å²) in [5.41, 5.74) is 19.3. The van der Waals surface area contributed by atoms with Gasteiger partial charge in [0.1, 0.15) is 22.3 Å². The van der Waals surface area contributed by atoms with Crippen LogP contribution in [0, 0.1) is 0 Å². The summed E-state index contributed by atoms with van der Waals surface area (Å²) in [5.74, 6) is 0. The first-order chi connectivity index (χ1) is 43.6. The molecule has 2 heterocycles. The van der Waals surface area contributed by atoms with Crippen molar-refractivity contribution in [3.05, 3.63) is 336 Å². The van der Waals surface area contributed by atoms with E-state index in [1.165, 1.54) is 44.5 Å². The molecule has 13 aromatic carbocycles. The van der Waals surface area contributed by atoms with Crippen LogP contribution in [0.2, 0.25) is 0 Å². The molecule has 90 heavy (non-hydrogen) atoms. The predicted molar refractivity (Wildman–Crippen MR) is 380 cm³/mol. The number of hydrogen-bond donors (Lipinski definition) is 0. The van der Waals surface area contributed by atoms with Crippen LogP contribution in [0.25, 0.3) is 65.4 Å². The summed E-state index contributed by atoms with van der Waals surface area (Å²) in [7, 11) is 0. The minimum Gasteiger partial charge on any atom is -0.455 e. The lowest BCUT2D eigenvalue weighted by Gasteiger charge is -2.30. The molecule has 0 aliphatic heterocycles. The summed E-state index contributed by atoms with van der Waals surface area (Å²) in [6, 6.07) is 106. The molecule has 0 radical (unpaired) electrons. The highest BCUT2D eigenvalue weighted by Crippen LogP contribution is 2.47. The van der Waals surface area contributed by atoms with E-state index in [4.69, 9.17) is 8.83 Å². The van der Waals surface area contributed by atoms with Crippen LogP contribution < -0.4 is 9.80 Å². The third-order valence-corrected chi connectivity index (χ3v) is 19.9. The van der Waals surface area contributed by atoms with Crippen molar-refractivity contribution >= 4 is 99.5 Å². The van der Waals surface area contributed by atoms with Gasteiger partial charge in [-0.15, -0.1) is 0 Å². The Hall–Kier alpha value is -10.4. The summed E-state index contributed by atoms with van der Waals surface area (Å²) >= 11 is 0. The van der Waals surface area contributed by atoms with Crippen molar-refractivity contribution in [1.29, 1.82) is 0 Å². The molecule has 0 atom stereocenters. The van der Waals surface area contributed by atoms with Crippen LogP contribution in [0.15, 0.2) is 300 Å². The molecule has 0 aliphatic rings. The van der Waals surface area contributed by atoms with E-state index in [2.05, 4.69) is 356 Å². The van der Waals surface area contributed by atoms with Crippen molar-refractivity contribution in [3.63, 3.8) is 0 Å². The van der Waals surface area contributed by atoms with Gasteiger partial charge in [-0.2, -0.15) is 0 Å². The number of nitrogens with zero attached hydrogens (tertiary/aromatic N) is 2. The topological polar surface area (TPSA) is 32.8 Å². The highest BCUT2D eigenvalue weighted by Gasteiger charge is 2.29. The molecular formula is C86H72N2O2. The van der Waals surface area contributed by atoms with E-state index >= 15 is 0 Å². The fourth-order valence-corrected chi connectivity index (χ4v) is 14.0. The fraction of sp³-hybridized carbons (Fsp3) is 0.140. The van der Waals surface area contributed by atoms with Crippen molar-refractivity contribution in [1.82, 2.24) is 0 Å². The van der Waals surface area contributed by atoms with E-state index in [0.717, 1.165) is 99.5 Å². The molecule has 0 amide bonds. The molecule has 15 rings (SSSR count). The van der Waals surface area contributed by atoms with Crippen LogP contribution in [-0.2, 0) is 21.7 Å². The van der Waals surface area contributed by atoms with Crippen LogP contribution in [0.5, 0.6) is 0 Å². The lowest BCUT2D eigenvalue weighted by Crippen LogP contribution is -2.19. The van der Waals surface area contributed by atoms with Crippen LogP contribution in [-0.4, -0.2) is 0 Å². The van der Waals surface area contributed by atoms with E-state index in [1.54, 1.807) is 0 Å². The average molecular weight is 1170 g/mol. The molecule has 0 bridgehead atoms. The maximum atomic E-state index is 7.17. The Labute approximate surface area is 527 Å². The minimum absolute atomic E-state index is 0.170. The summed E-state index contributed by atoms with van der Waals surface area (Å²) in [4.78, 5) is 4.75. The van der Waals surface area contributed by atoms with Gasteiger partial charge in [0.15, 0.2) is 0 Å². The quantitative estimate of drug-likeness (QED) is 0.109. The maximum absolute atomic E-state index is 7.17. The zero-order valence-electron chi connectivity index (χ0n) is 52.4. The van der Waals surface area contributed by atoms with Gasteiger partial charge in [-0.05, 0) is 164 Å². The predicted octanol–water partition coefficient (Wildman–Crippen LogP) is 24.0. The second-order valence-corrected chi connectivity index (χ2v) is 26.5.